The van der Waals surface area contributed by atoms with Crippen LogP contribution in [0.2, 0.25) is 0 Å². The Morgan fingerprint density at radius 2 is 1.76 bits per heavy atom. The van der Waals surface area contributed by atoms with Crippen molar-refractivity contribution in [3.8, 4) is 17.2 Å². The van der Waals surface area contributed by atoms with Crippen molar-refractivity contribution >= 4 is 27.8 Å². The number of phenolic OH excluding ortho intramolecular Hbond substituents is 3. The van der Waals surface area contributed by atoms with Crippen LogP contribution in [-0.4, -0.2) is 21.2 Å². The Morgan fingerprint density at radius 1 is 1.05 bits per heavy atom. The SMILES string of the molecule is NC(=O)c1ccc(O)c2c(=O)c3c(O)cc(O)cc3oc12. The molecule has 0 aliphatic rings. The number of primary amides is 1. The van der Waals surface area contributed by atoms with E-state index in [0.29, 0.717) is 0 Å². The summed E-state index contributed by atoms with van der Waals surface area (Å²) < 4.78 is 5.38. The summed E-state index contributed by atoms with van der Waals surface area (Å²) in [4.78, 5) is 23.8. The first-order valence-electron chi connectivity index (χ1n) is 5.84. The molecule has 21 heavy (non-hydrogen) atoms. The lowest BCUT2D eigenvalue weighted by atomic mass is 10.1. The van der Waals surface area contributed by atoms with Gasteiger partial charge in [-0.1, -0.05) is 0 Å². The van der Waals surface area contributed by atoms with E-state index in [0.717, 1.165) is 18.2 Å². The van der Waals surface area contributed by atoms with E-state index in [1.807, 2.05) is 0 Å². The molecule has 7 nitrogen and oxygen atoms in total. The van der Waals surface area contributed by atoms with Crippen molar-refractivity contribution in [3.63, 3.8) is 0 Å². The summed E-state index contributed by atoms with van der Waals surface area (Å²) in [6, 6.07) is 4.45. The maximum Gasteiger partial charge on any atom is 0.252 e. The van der Waals surface area contributed by atoms with Crippen LogP contribution in [0.3, 0.4) is 0 Å². The molecule has 3 rings (SSSR count). The lowest BCUT2D eigenvalue weighted by molar-refractivity contribution is 0.100. The standard InChI is InChI=1S/C14H9NO6/c15-14(20)6-1-2-7(17)11-12(19)10-8(18)3-5(16)4-9(10)21-13(6)11/h1-4,16-18H,(H2,15,20). The van der Waals surface area contributed by atoms with Crippen molar-refractivity contribution in [1.29, 1.82) is 0 Å². The Kier molecular flexibility index (Phi) is 2.52. The number of aromatic hydroxyl groups is 3. The summed E-state index contributed by atoms with van der Waals surface area (Å²) in [6.07, 6.45) is 0. The Labute approximate surface area is 116 Å². The number of rotatable bonds is 1. The molecule has 7 heteroatoms. The van der Waals surface area contributed by atoms with Crippen LogP contribution in [0.15, 0.2) is 33.5 Å². The average Bonchev–Trinajstić information content (AvgIpc) is 2.37. The van der Waals surface area contributed by atoms with Gasteiger partial charge in [0, 0.05) is 12.1 Å². The summed E-state index contributed by atoms with van der Waals surface area (Å²) in [6.45, 7) is 0. The molecule has 0 spiro atoms. The van der Waals surface area contributed by atoms with Crippen molar-refractivity contribution in [2.45, 2.75) is 0 Å². The van der Waals surface area contributed by atoms with Gasteiger partial charge in [0.15, 0.2) is 5.58 Å². The number of hydrogen-bond acceptors (Lipinski definition) is 6. The van der Waals surface area contributed by atoms with Gasteiger partial charge in [0.05, 0.1) is 5.56 Å². The molecule has 106 valence electrons. The molecule has 0 saturated carbocycles. The van der Waals surface area contributed by atoms with E-state index in [1.165, 1.54) is 6.07 Å². The van der Waals surface area contributed by atoms with Crippen molar-refractivity contribution in [1.82, 2.24) is 0 Å². The first-order chi connectivity index (χ1) is 9.90. The normalized spacial score (nSPS) is 11.0. The second-order valence-corrected chi connectivity index (χ2v) is 4.47. The first kappa shape index (κ1) is 12.8. The molecular weight excluding hydrogens is 278 g/mol. The third-order valence-corrected chi connectivity index (χ3v) is 3.13. The van der Waals surface area contributed by atoms with Gasteiger partial charge < -0.3 is 25.5 Å². The minimum absolute atomic E-state index is 0.0929. The Hall–Kier alpha value is -3.22. The molecule has 1 amide bonds. The van der Waals surface area contributed by atoms with Crippen LogP contribution < -0.4 is 11.2 Å². The maximum atomic E-state index is 12.4. The number of carbonyl (C=O) groups excluding carboxylic acids is 1. The molecule has 1 heterocycles. The van der Waals surface area contributed by atoms with E-state index >= 15 is 0 Å². The fraction of sp³-hybridized carbons (Fsp3) is 0. The number of amides is 1. The maximum absolute atomic E-state index is 12.4. The molecule has 0 fully saturated rings. The molecule has 0 aliphatic heterocycles. The smallest absolute Gasteiger partial charge is 0.252 e. The molecule has 0 atom stereocenters. The Balaban J connectivity index is 2.66. The quantitative estimate of drug-likeness (QED) is 0.496. The lowest BCUT2D eigenvalue weighted by Crippen LogP contribution is -2.13. The fourth-order valence-corrected chi connectivity index (χ4v) is 2.22. The van der Waals surface area contributed by atoms with Crippen LogP contribution in [0.25, 0.3) is 21.9 Å². The van der Waals surface area contributed by atoms with E-state index < -0.39 is 22.8 Å². The average molecular weight is 287 g/mol. The molecule has 2 aromatic carbocycles. The van der Waals surface area contributed by atoms with Gasteiger partial charge in [0.2, 0.25) is 5.43 Å². The first-order valence-corrected chi connectivity index (χ1v) is 5.84. The van der Waals surface area contributed by atoms with Crippen LogP contribution in [0.4, 0.5) is 0 Å². The molecule has 0 bridgehead atoms. The van der Waals surface area contributed by atoms with Crippen LogP contribution in [0.5, 0.6) is 17.2 Å². The van der Waals surface area contributed by atoms with Crippen LogP contribution >= 0.6 is 0 Å². The zero-order chi connectivity index (χ0) is 15.3. The lowest BCUT2D eigenvalue weighted by Gasteiger charge is -2.07. The summed E-state index contributed by atoms with van der Waals surface area (Å²) in [5.74, 6) is -2.06. The third kappa shape index (κ3) is 1.75. The van der Waals surface area contributed by atoms with Crippen molar-refractivity contribution in [3.05, 3.63) is 40.1 Å². The van der Waals surface area contributed by atoms with Gasteiger partial charge in [-0.25, -0.2) is 0 Å². The van der Waals surface area contributed by atoms with Crippen molar-refractivity contribution < 1.29 is 24.5 Å². The molecule has 3 aromatic rings. The van der Waals surface area contributed by atoms with Crippen LogP contribution in [0, 0.1) is 0 Å². The number of hydrogen-bond donors (Lipinski definition) is 4. The minimum atomic E-state index is -0.841. The predicted molar refractivity (Wildman–Crippen MR) is 73.5 cm³/mol. The second kappa shape index (κ2) is 4.14. The number of carbonyl (C=O) groups is 1. The highest BCUT2D eigenvalue weighted by molar-refractivity contribution is 6.07. The van der Waals surface area contributed by atoms with Crippen molar-refractivity contribution in [2.75, 3.05) is 0 Å². The molecule has 0 unspecified atom stereocenters. The van der Waals surface area contributed by atoms with E-state index in [4.69, 9.17) is 10.2 Å². The zero-order valence-electron chi connectivity index (χ0n) is 10.5. The molecule has 0 aliphatic carbocycles. The summed E-state index contributed by atoms with van der Waals surface area (Å²) in [5.41, 5.74) is 4.05. The van der Waals surface area contributed by atoms with Gasteiger partial charge in [0.25, 0.3) is 5.91 Å². The highest BCUT2D eigenvalue weighted by atomic mass is 16.3. The molecular formula is C14H9NO6. The number of fused-ring (bicyclic) bond motifs is 2. The predicted octanol–water partition coefficient (Wildman–Crippen LogP) is 1.16. The van der Waals surface area contributed by atoms with Gasteiger partial charge in [-0.05, 0) is 12.1 Å². The van der Waals surface area contributed by atoms with Gasteiger partial charge in [-0.15, -0.1) is 0 Å². The third-order valence-electron chi connectivity index (χ3n) is 3.13. The number of phenols is 3. The highest BCUT2D eigenvalue weighted by Gasteiger charge is 2.19. The highest BCUT2D eigenvalue weighted by Crippen LogP contribution is 2.33. The largest absolute Gasteiger partial charge is 0.508 e. The van der Waals surface area contributed by atoms with E-state index in [1.54, 1.807) is 0 Å². The van der Waals surface area contributed by atoms with Gasteiger partial charge >= 0.3 is 0 Å². The van der Waals surface area contributed by atoms with E-state index in [-0.39, 0.29) is 33.3 Å². The summed E-state index contributed by atoms with van der Waals surface area (Å²) in [5, 5.41) is 28.6. The van der Waals surface area contributed by atoms with Gasteiger partial charge in [-0.2, -0.15) is 0 Å². The van der Waals surface area contributed by atoms with Gasteiger partial charge in [-0.3, -0.25) is 9.59 Å². The van der Waals surface area contributed by atoms with Crippen LogP contribution in [-0.2, 0) is 0 Å². The molecule has 0 saturated heterocycles. The monoisotopic (exact) mass is 287 g/mol. The second-order valence-electron chi connectivity index (χ2n) is 4.47. The molecule has 1 aromatic heterocycles. The van der Waals surface area contributed by atoms with E-state index in [2.05, 4.69) is 0 Å². The fourth-order valence-electron chi connectivity index (χ4n) is 2.22. The minimum Gasteiger partial charge on any atom is -0.508 e. The number of nitrogens with two attached hydrogens (primary N) is 1. The van der Waals surface area contributed by atoms with Crippen molar-refractivity contribution in [2.24, 2.45) is 5.73 Å². The Morgan fingerprint density at radius 3 is 2.43 bits per heavy atom. The van der Waals surface area contributed by atoms with E-state index in [9.17, 15) is 24.9 Å². The molecule has 0 radical (unpaired) electrons. The summed E-state index contributed by atoms with van der Waals surface area (Å²) >= 11 is 0. The number of benzene rings is 2. The summed E-state index contributed by atoms with van der Waals surface area (Å²) in [7, 11) is 0. The topological polar surface area (TPSA) is 134 Å². The Bertz CT molecular complexity index is 973. The van der Waals surface area contributed by atoms with Gasteiger partial charge in [0.1, 0.15) is 33.6 Å². The molecule has 5 N–H and O–H groups in total. The van der Waals surface area contributed by atoms with Crippen LogP contribution in [0.1, 0.15) is 10.4 Å². The zero-order valence-corrected chi connectivity index (χ0v) is 10.5.